The number of carbonyl (C=O) groups excluding carboxylic acids is 1. The molecule has 0 spiro atoms. The molecule has 0 radical (unpaired) electrons. The summed E-state index contributed by atoms with van der Waals surface area (Å²) in [6.07, 6.45) is 8.66. The Morgan fingerprint density at radius 1 is 1.17 bits per heavy atom. The first-order valence-electron chi connectivity index (χ1n) is 7.99. The number of likely N-dealkylation sites (tertiary alicyclic amines) is 1. The van der Waals surface area contributed by atoms with Gasteiger partial charge in [-0.2, -0.15) is 0 Å². The zero-order chi connectivity index (χ0) is 16.1. The van der Waals surface area contributed by atoms with Gasteiger partial charge in [-0.25, -0.2) is 0 Å². The highest BCUT2D eigenvalue weighted by molar-refractivity contribution is 5.82. The Bertz CT molecular complexity index is 625. The molecule has 3 heterocycles. The number of aliphatic hydroxyl groups is 1. The van der Waals surface area contributed by atoms with E-state index < -0.39 is 6.10 Å². The van der Waals surface area contributed by atoms with Gasteiger partial charge in [0.05, 0.1) is 0 Å². The van der Waals surface area contributed by atoms with Crippen molar-refractivity contribution in [3.63, 3.8) is 0 Å². The number of nitrogens with zero attached hydrogens (tertiary/aromatic N) is 3. The van der Waals surface area contributed by atoms with Crippen molar-refractivity contribution in [2.75, 3.05) is 13.1 Å². The fraction of sp³-hybridized carbons (Fsp3) is 0.389. The van der Waals surface area contributed by atoms with Crippen LogP contribution in [-0.2, 0) is 11.2 Å². The molecule has 1 aliphatic rings. The predicted molar refractivity (Wildman–Crippen MR) is 86.4 cm³/mol. The summed E-state index contributed by atoms with van der Waals surface area (Å²) in [5.74, 6) is 0.344. The maximum absolute atomic E-state index is 12.4. The number of rotatable bonds is 4. The largest absolute Gasteiger partial charge is 0.378 e. The molecule has 5 heteroatoms. The third kappa shape index (κ3) is 3.93. The summed E-state index contributed by atoms with van der Waals surface area (Å²) in [5, 5.41) is 10.2. The molecule has 0 bridgehead atoms. The second kappa shape index (κ2) is 7.33. The first-order valence-corrected chi connectivity index (χ1v) is 7.99. The molecule has 1 amide bonds. The van der Waals surface area contributed by atoms with Crippen molar-refractivity contribution in [1.29, 1.82) is 0 Å². The van der Waals surface area contributed by atoms with Crippen molar-refractivity contribution in [1.82, 2.24) is 14.9 Å². The normalized spacial score (nSPS) is 17.0. The molecule has 3 rings (SSSR count). The number of hydrogen-bond donors (Lipinski definition) is 1. The van der Waals surface area contributed by atoms with E-state index in [1.807, 2.05) is 12.3 Å². The van der Waals surface area contributed by atoms with E-state index in [1.54, 1.807) is 29.4 Å². The Hall–Kier alpha value is -2.27. The maximum atomic E-state index is 12.4. The fourth-order valence-electron chi connectivity index (χ4n) is 3.06. The van der Waals surface area contributed by atoms with Crippen molar-refractivity contribution in [3.8, 4) is 0 Å². The van der Waals surface area contributed by atoms with Crippen LogP contribution in [0.3, 0.4) is 0 Å². The molecule has 1 saturated heterocycles. The van der Waals surface area contributed by atoms with Gasteiger partial charge in [0.15, 0.2) is 6.10 Å². The average Bonchev–Trinajstić information content (AvgIpc) is 2.63. The van der Waals surface area contributed by atoms with Crippen LogP contribution in [0.1, 0.15) is 30.1 Å². The Morgan fingerprint density at radius 2 is 1.87 bits per heavy atom. The molecule has 5 nitrogen and oxygen atoms in total. The lowest BCUT2D eigenvalue weighted by Gasteiger charge is -2.33. The highest BCUT2D eigenvalue weighted by Crippen LogP contribution is 2.24. The Kier molecular flexibility index (Phi) is 4.98. The molecule has 2 aromatic heterocycles. The van der Waals surface area contributed by atoms with Gasteiger partial charge in [0.2, 0.25) is 0 Å². The van der Waals surface area contributed by atoms with Crippen LogP contribution in [0.2, 0.25) is 0 Å². The first kappa shape index (κ1) is 15.6. The Morgan fingerprint density at radius 3 is 2.48 bits per heavy atom. The van der Waals surface area contributed by atoms with E-state index in [1.165, 1.54) is 11.8 Å². The smallest absolute Gasteiger partial charge is 0.256 e. The molecule has 1 unspecified atom stereocenters. The molecule has 23 heavy (non-hydrogen) atoms. The molecule has 0 aromatic carbocycles. The lowest BCUT2D eigenvalue weighted by molar-refractivity contribution is -0.142. The van der Waals surface area contributed by atoms with Gasteiger partial charge in [0.1, 0.15) is 0 Å². The van der Waals surface area contributed by atoms with E-state index in [0.29, 0.717) is 24.6 Å². The van der Waals surface area contributed by atoms with Crippen molar-refractivity contribution in [2.45, 2.75) is 25.4 Å². The first-order chi connectivity index (χ1) is 11.2. The number of carbonyl (C=O) groups is 1. The topological polar surface area (TPSA) is 66.3 Å². The minimum Gasteiger partial charge on any atom is -0.378 e. The monoisotopic (exact) mass is 311 g/mol. The molecule has 120 valence electrons. The molecule has 1 fully saturated rings. The van der Waals surface area contributed by atoms with Gasteiger partial charge >= 0.3 is 0 Å². The van der Waals surface area contributed by atoms with Gasteiger partial charge in [-0.05, 0) is 42.9 Å². The number of pyridine rings is 2. The number of amides is 1. The number of piperidine rings is 1. The van der Waals surface area contributed by atoms with Crippen LogP contribution in [0.15, 0.2) is 49.1 Å². The lowest BCUT2D eigenvalue weighted by Crippen LogP contribution is -2.41. The molecular formula is C18H21N3O2. The van der Waals surface area contributed by atoms with E-state index in [0.717, 1.165) is 19.3 Å². The van der Waals surface area contributed by atoms with Crippen LogP contribution >= 0.6 is 0 Å². The van der Waals surface area contributed by atoms with Gasteiger partial charge in [0, 0.05) is 43.4 Å². The van der Waals surface area contributed by atoms with Crippen LogP contribution < -0.4 is 0 Å². The minimum absolute atomic E-state index is 0.224. The standard InChI is InChI=1S/C18H21N3O2/c22-17(16-4-2-8-20-13-16)18(23)21-9-5-14(6-10-21)11-15-3-1-7-19-12-15/h1-4,7-8,12-14,17,22H,5-6,9-11H2. The van der Waals surface area contributed by atoms with Crippen molar-refractivity contribution < 1.29 is 9.90 Å². The van der Waals surface area contributed by atoms with Gasteiger partial charge in [-0.15, -0.1) is 0 Å². The molecule has 1 atom stereocenters. The van der Waals surface area contributed by atoms with E-state index in [9.17, 15) is 9.90 Å². The molecular weight excluding hydrogens is 290 g/mol. The summed E-state index contributed by atoms with van der Waals surface area (Å²) in [7, 11) is 0. The van der Waals surface area contributed by atoms with Crippen LogP contribution in [0, 0.1) is 5.92 Å². The van der Waals surface area contributed by atoms with Crippen molar-refractivity contribution in [3.05, 3.63) is 60.2 Å². The van der Waals surface area contributed by atoms with Gasteiger partial charge in [0.25, 0.3) is 5.91 Å². The maximum Gasteiger partial charge on any atom is 0.256 e. The van der Waals surface area contributed by atoms with Crippen molar-refractivity contribution >= 4 is 5.91 Å². The highest BCUT2D eigenvalue weighted by atomic mass is 16.3. The number of hydrogen-bond acceptors (Lipinski definition) is 4. The average molecular weight is 311 g/mol. The molecule has 1 N–H and O–H groups in total. The highest BCUT2D eigenvalue weighted by Gasteiger charge is 2.28. The molecule has 2 aromatic rings. The van der Waals surface area contributed by atoms with Crippen LogP contribution in [0.5, 0.6) is 0 Å². The summed E-state index contributed by atoms with van der Waals surface area (Å²) in [4.78, 5) is 22.3. The SMILES string of the molecule is O=C(C(O)c1cccnc1)N1CCC(Cc2cccnc2)CC1. The van der Waals surface area contributed by atoms with E-state index in [4.69, 9.17) is 0 Å². The molecule has 0 saturated carbocycles. The third-order valence-electron chi connectivity index (χ3n) is 4.41. The lowest BCUT2D eigenvalue weighted by atomic mass is 9.90. The van der Waals surface area contributed by atoms with E-state index in [-0.39, 0.29) is 5.91 Å². The molecule has 1 aliphatic heterocycles. The van der Waals surface area contributed by atoms with Gasteiger partial charge in [-0.1, -0.05) is 12.1 Å². The summed E-state index contributed by atoms with van der Waals surface area (Å²) in [6.45, 7) is 1.39. The third-order valence-corrected chi connectivity index (χ3v) is 4.41. The summed E-state index contributed by atoms with van der Waals surface area (Å²) in [6, 6.07) is 7.51. The van der Waals surface area contributed by atoms with Crippen LogP contribution in [0.25, 0.3) is 0 Å². The number of aromatic nitrogens is 2. The Labute approximate surface area is 136 Å². The zero-order valence-corrected chi connectivity index (χ0v) is 13.0. The van der Waals surface area contributed by atoms with Crippen LogP contribution in [-0.4, -0.2) is 39.0 Å². The van der Waals surface area contributed by atoms with Gasteiger partial charge in [-0.3, -0.25) is 14.8 Å². The number of aliphatic hydroxyl groups excluding tert-OH is 1. The summed E-state index contributed by atoms with van der Waals surface area (Å²) < 4.78 is 0. The van der Waals surface area contributed by atoms with Crippen molar-refractivity contribution in [2.24, 2.45) is 5.92 Å². The van der Waals surface area contributed by atoms with Gasteiger partial charge < -0.3 is 10.0 Å². The van der Waals surface area contributed by atoms with Crippen LogP contribution in [0.4, 0.5) is 0 Å². The predicted octanol–water partition coefficient (Wildman–Crippen LogP) is 1.99. The second-order valence-corrected chi connectivity index (χ2v) is 6.02. The van der Waals surface area contributed by atoms with E-state index >= 15 is 0 Å². The fourth-order valence-corrected chi connectivity index (χ4v) is 3.06. The zero-order valence-electron chi connectivity index (χ0n) is 13.0. The quantitative estimate of drug-likeness (QED) is 0.938. The van der Waals surface area contributed by atoms with E-state index in [2.05, 4.69) is 16.0 Å². The minimum atomic E-state index is -1.11. The Balaban J connectivity index is 1.53. The summed E-state index contributed by atoms with van der Waals surface area (Å²) in [5.41, 5.74) is 1.79. The second-order valence-electron chi connectivity index (χ2n) is 6.02. The molecule has 0 aliphatic carbocycles. The summed E-state index contributed by atoms with van der Waals surface area (Å²) >= 11 is 0.